The minimum Gasteiger partial charge on any atom is -0.496 e. The monoisotopic (exact) mass is 326 g/mol. The van der Waals surface area contributed by atoms with Gasteiger partial charge >= 0.3 is 0 Å². The molecular weight excluding hydrogens is 300 g/mol. The highest BCUT2D eigenvalue weighted by molar-refractivity contribution is 6.24. The van der Waals surface area contributed by atoms with Gasteiger partial charge in [-0.2, -0.15) is 0 Å². The van der Waals surface area contributed by atoms with Crippen LogP contribution in [0.25, 0.3) is 5.76 Å². The molecule has 2 atom stereocenters. The Kier molecular flexibility index (Phi) is 6.76. The molecule has 0 aliphatic heterocycles. The molecule has 0 saturated carbocycles. The maximum Gasteiger partial charge on any atom is 0.132 e. The Hall–Kier alpha value is -1.19. The molecular formula is C18H27ClO3. The van der Waals surface area contributed by atoms with E-state index in [1.807, 2.05) is 32.0 Å². The predicted molar refractivity (Wildman–Crippen MR) is 92.6 cm³/mol. The Morgan fingerprint density at radius 1 is 1.32 bits per heavy atom. The summed E-state index contributed by atoms with van der Waals surface area (Å²) in [6, 6.07) is 5.89. The van der Waals surface area contributed by atoms with Crippen molar-refractivity contribution in [1.82, 2.24) is 0 Å². The van der Waals surface area contributed by atoms with E-state index < -0.39 is 4.87 Å². The van der Waals surface area contributed by atoms with E-state index in [-0.39, 0.29) is 12.0 Å². The second-order valence-electron chi connectivity index (χ2n) is 6.07. The van der Waals surface area contributed by atoms with E-state index in [0.29, 0.717) is 12.4 Å². The Bertz CT molecular complexity index is 509. The molecule has 0 spiro atoms. The lowest BCUT2D eigenvalue weighted by Crippen LogP contribution is -2.43. The van der Waals surface area contributed by atoms with Crippen LogP contribution in [0.15, 0.2) is 24.8 Å². The Morgan fingerprint density at radius 2 is 1.95 bits per heavy atom. The molecule has 4 heteroatoms. The van der Waals surface area contributed by atoms with Gasteiger partial charge in [-0.05, 0) is 31.4 Å². The summed E-state index contributed by atoms with van der Waals surface area (Å²) in [7, 11) is 3.28. The lowest BCUT2D eigenvalue weighted by atomic mass is 9.94. The first-order valence-corrected chi connectivity index (χ1v) is 7.79. The topological polar surface area (TPSA) is 27.7 Å². The largest absolute Gasteiger partial charge is 0.496 e. The van der Waals surface area contributed by atoms with Crippen LogP contribution >= 0.6 is 11.6 Å². The highest BCUT2D eigenvalue weighted by atomic mass is 35.5. The number of aryl methyl sites for hydroxylation is 1. The highest BCUT2D eigenvalue weighted by Gasteiger charge is 2.37. The fourth-order valence-corrected chi connectivity index (χ4v) is 3.08. The molecule has 0 aliphatic rings. The maximum atomic E-state index is 6.61. The number of alkyl halides is 1. The number of hydrogen-bond donors (Lipinski definition) is 0. The van der Waals surface area contributed by atoms with Gasteiger partial charge in [0.1, 0.15) is 22.5 Å². The predicted octanol–water partition coefficient (Wildman–Crippen LogP) is 4.66. The van der Waals surface area contributed by atoms with Gasteiger partial charge in [0.15, 0.2) is 0 Å². The summed E-state index contributed by atoms with van der Waals surface area (Å²) in [6.45, 7) is 12.5. The van der Waals surface area contributed by atoms with E-state index in [9.17, 15) is 0 Å². The molecule has 0 amide bonds. The second kappa shape index (κ2) is 7.89. The third-order valence-corrected chi connectivity index (χ3v) is 3.94. The fraction of sp³-hybridized carbons (Fsp3) is 0.556. The molecule has 1 rings (SSSR count). The first-order chi connectivity index (χ1) is 10.2. The van der Waals surface area contributed by atoms with Crippen LogP contribution in [-0.2, 0) is 9.47 Å². The molecule has 2 unspecified atom stereocenters. The quantitative estimate of drug-likeness (QED) is 0.513. The molecule has 3 nitrogen and oxygen atoms in total. The lowest BCUT2D eigenvalue weighted by molar-refractivity contribution is 0.0429. The zero-order chi connectivity index (χ0) is 16.9. The van der Waals surface area contributed by atoms with Crippen molar-refractivity contribution in [3.8, 4) is 5.75 Å². The SMILES string of the molecule is C=C(OC(C(C)C)C(C)(Cl)COC)c1cccc(C)c1OC. The number of halogens is 1. The standard InChI is InChI=1S/C18H27ClO3/c1-12(2)17(18(5,19)11-20-6)22-14(4)15-10-8-9-13(3)16(15)21-7/h8-10,12,17H,4,11H2,1-3,5-7H3. The Balaban J connectivity index is 3.05. The zero-order valence-electron chi connectivity index (χ0n) is 14.4. The van der Waals surface area contributed by atoms with Crippen molar-refractivity contribution in [2.24, 2.45) is 5.92 Å². The molecule has 1 aromatic rings. The summed E-state index contributed by atoms with van der Waals surface area (Å²) in [4.78, 5) is -0.636. The minimum absolute atomic E-state index is 0.213. The average molecular weight is 327 g/mol. The number of ether oxygens (including phenoxy) is 3. The van der Waals surface area contributed by atoms with Crippen molar-refractivity contribution >= 4 is 17.4 Å². The van der Waals surface area contributed by atoms with Crippen molar-refractivity contribution in [3.63, 3.8) is 0 Å². The van der Waals surface area contributed by atoms with Crippen molar-refractivity contribution < 1.29 is 14.2 Å². The summed E-state index contributed by atoms with van der Waals surface area (Å²) < 4.78 is 16.8. The molecule has 1 aromatic carbocycles. The molecule has 0 aromatic heterocycles. The van der Waals surface area contributed by atoms with E-state index in [4.69, 9.17) is 25.8 Å². The normalized spacial score (nSPS) is 15.3. The van der Waals surface area contributed by atoms with Crippen molar-refractivity contribution in [2.75, 3.05) is 20.8 Å². The average Bonchev–Trinajstić information content (AvgIpc) is 2.43. The summed E-state index contributed by atoms with van der Waals surface area (Å²) in [5, 5.41) is 0. The highest BCUT2D eigenvalue weighted by Crippen LogP contribution is 2.35. The van der Waals surface area contributed by atoms with Gasteiger partial charge in [-0.25, -0.2) is 0 Å². The van der Waals surface area contributed by atoms with E-state index in [0.717, 1.165) is 16.9 Å². The van der Waals surface area contributed by atoms with Crippen LogP contribution in [0.4, 0.5) is 0 Å². The van der Waals surface area contributed by atoms with Gasteiger partial charge in [-0.15, -0.1) is 11.6 Å². The number of hydrogen-bond acceptors (Lipinski definition) is 3. The van der Waals surface area contributed by atoms with Crippen LogP contribution in [0.3, 0.4) is 0 Å². The Labute approximate surface area is 139 Å². The second-order valence-corrected chi connectivity index (χ2v) is 6.94. The van der Waals surface area contributed by atoms with Gasteiger partial charge in [-0.1, -0.05) is 32.6 Å². The van der Waals surface area contributed by atoms with Gasteiger partial charge in [0.05, 0.1) is 19.3 Å². The van der Waals surface area contributed by atoms with Gasteiger partial charge in [0.25, 0.3) is 0 Å². The summed E-state index contributed by atoms with van der Waals surface area (Å²) in [6.07, 6.45) is -0.230. The first-order valence-electron chi connectivity index (χ1n) is 7.42. The smallest absolute Gasteiger partial charge is 0.132 e. The number of rotatable bonds is 8. The molecule has 0 heterocycles. The summed E-state index contributed by atoms with van der Waals surface area (Å²) >= 11 is 6.61. The molecule has 22 heavy (non-hydrogen) atoms. The van der Waals surface area contributed by atoms with E-state index in [2.05, 4.69) is 20.4 Å². The molecule has 124 valence electrons. The molecule has 0 N–H and O–H groups in total. The van der Waals surface area contributed by atoms with Crippen LogP contribution < -0.4 is 4.74 Å². The molecule has 0 saturated heterocycles. The van der Waals surface area contributed by atoms with Crippen molar-refractivity contribution in [3.05, 3.63) is 35.9 Å². The fourth-order valence-electron chi connectivity index (χ4n) is 2.68. The zero-order valence-corrected chi connectivity index (χ0v) is 15.2. The number of methoxy groups -OCH3 is 2. The van der Waals surface area contributed by atoms with Gasteiger partial charge < -0.3 is 14.2 Å². The molecule has 0 aliphatic carbocycles. The summed E-state index contributed by atoms with van der Waals surface area (Å²) in [5.41, 5.74) is 1.88. The third kappa shape index (κ3) is 4.40. The number of benzene rings is 1. The van der Waals surface area contributed by atoms with Crippen LogP contribution in [0.2, 0.25) is 0 Å². The third-order valence-electron chi connectivity index (χ3n) is 3.61. The van der Waals surface area contributed by atoms with E-state index in [1.54, 1.807) is 14.2 Å². The van der Waals surface area contributed by atoms with Crippen molar-refractivity contribution in [2.45, 2.75) is 38.7 Å². The summed E-state index contributed by atoms with van der Waals surface area (Å²) in [5.74, 6) is 1.55. The first kappa shape index (κ1) is 18.9. The van der Waals surface area contributed by atoms with Gasteiger partial charge in [0.2, 0.25) is 0 Å². The van der Waals surface area contributed by atoms with E-state index in [1.165, 1.54) is 0 Å². The molecule has 0 bridgehead atoms. The molecule has 0 radical (unpaired) electrons. The maximum absolute atomic E-state index is 6.61. The van der Waals surface area contributed by atoms with Crippen LogP contribution in [-0.4, -0.2) is 31.8 Å². The van der Waals surface area contributed by atoms with Gasteiger partial charge in [0, 0.05) is 7.11 Å². The van der Waals surface area contributed by atoms with Crippen LogP contribution in [0.1, 0.15) is 31.9 Å². The van der Waals surface area contributed by atoms with Crippen molar-refractivity contribution in [1.29, 1.82) is 0 Å². The van der Waals surface area contributed by atoms with Crippen LogP contribution in [0, 0.1) is 12.8 Å². The number of para-hydroxylation sites is 1. The lowest BCUT2D eigenvalue weighted by Gasteiger charge is -2.35. The van der Waals surface area contributed by atoms with Gasteiger partial charge in [-0.3, -0.25) is 0 Å². The minimum atomic E-state index is -0.636. The Morgan fingerprint density at radius 3 is 2.45 bits per heavy atom. The molecule has 0 fully saturated rings. The van der Waals surface area contributed by atoms with E-state index >= 15 is 0 Å². The van der Waals surface area contributed by atoms with Crippen LogP contribution in [0.5, 0.6) is 5.75 Å².